The standard InChI is InChI=1S/C10H17F3N2O2/c1-7-4-15(3-2-8(7)14)9(16)5-17-6-10(11,12)13/h7-8H,2-6,14H2,1H3. The largest absolute Gasteiger partial charge is 0.411 e. The van der Waals surface area contributed by atoms with Crippen LogP contribution in [0.4, 0.5) is 13.2 Å². The summed E-state index contributed by atoms with van der Waals surface area (Å²) in [5, 5.41) is 0. The van der Waals surface area contributed by atoms with Crippen molar-refractivity contribution in [2.45, 2.75) is 25.6 Å². The Hall–Kier alpha value is -0.820. The first-order chi connectivity index (χ1) is 7.79. The molecule has 17 heavy (non-hydrogen) atoms. The third-order valence-corrected chi connectivity index (χ3v) is 2.82. The zero-order chi connectivity index (χ0) is 13.1. The molecule has 1 aliphatic rings. The number of halogens is 3. The van der Waals surface area contributed by atoms with E-state index >= 15 is 0 Å². The average molecular weight is 254 g/mol. The van der Waals surface area contributed by atoms with Crippen LogP contribution in [0.2, 0.25) is 0 Å². The second-order valence-corrected chi connectivity index (χ2v) is 4.38. The van der Waals surface area contributed by atoms with Crippen LogP contribution in [0.5, 0.6) is 0 Å². The first kappa shape index (κ1) is 14.2. The second-order valence-electron chi connectivity index (χ2n) is 4.38. The van der Waals surface area contributed by atoms with Gasteiger partial charge in [-0.05, 0) is 12.3 Å². The molecule has 7 heteroatoms. The van der Waals surface area contributed by atoms with Gasteiger partial charge in [0.15, 0.2) is 0 Å². The first-order valence-corrected chi connectivity index (χ1v) is 5.47. The van der Waals surface area contributed by atoms with Crippen molar-refractivity contribution in [3.8, 4) is 0 Å². The van der Waals surface area contributed by atoms with Gasteiger partial charge in [0.2, 0.25) is 5.91 Å². The third kappa shape index (κ3) is 4.91. The van der Waals surface area contributed by atoms with Crippen molar-refractivity contribution in [1.29, 1.82) is 0 Å². The molecule has 0 aromatic heterocycles. The van der Waals surface area contributed by atoms with E-state index in [1.165, 1.54) is 4.90 Å². The number of piperidine rings is 1. The highest BCUT2D eigenvalue weighted by Crippen LogP contribution is 2.16. The highest BCUT2D eigenvalue weighted by molar-refractivity contribution is 5.77. The van der Waals surface area contributed by atoms with Gasteiger partial charge in [-0.2, -0.15) is 13.2 Å². The van der Waals surface area contributed by atoms with Crippen LogP contribution in [0.1, 0.15) is 13.3 Å². The Kier molecular flexibility index (Phi) is 4.76. The summed E-state index contributed by atoms with van der Waals surface area (Å²) >= 11 is 0. The number of ether oxygens (including phenoxy) is 1. The monoisotopic (exact) mass is 254 g/mol. The van der Waals surface area contributed by atoms with Crippen molar-refractivity contribution >= 4 is 5.91 Å². The number of amides is 1. The second kappa shape index (κ2) is 5.68. The molecule has 1 heterocycles. The predicted molar refractivity (Wildman–Crippen MR) is 55.2 cm³/mol. The molecular formula is C10H17F3N2O2. The van der Waals surface area contributed by atoms with Gasteiger partial charge in [-0.3, -0.25) is 4.79 Å². The number of hydrogen-bond donors (Lipinski definition) is 1. The van der Waals surface area contributed by atoms with Crippen LogP contribution < -0.4 is 5.73 Å². The number of nitrogens with zero attached hydrogens (tertiary/aromatic N) is 1. The lowest BCUT2D eigenvalue weighted by molar-refractivity contribution is -0.178. The molecule has 2 atom stereocenters. The van der Waals surface area contributed by atoms with Gasteiger partial charge in [-0.15, -0.1) is 0 Å². The molecule has 1 saturated heterocycles. The Labute approximate surface area is 97.9 Å². The lowest BCUT2D eigenvalue weighted by atomic mass is 9.95. The van der Waals surface area contributed by atoms with Gasteiger partial charge in [-0.25, -0.2) is 0 Å². The number of likely N-dealkylation sites (tertiary alicyclic amines) is 1. The van der Waals surface area contributed by atoms with E-state index in [0.29, 0.717) is 19.5 Å². The van der Waals surface area contributed by atoms with E-state index in [9.17, 15) is 18.0 Å². The lowest BCUT2D eigenvalue weighted by Gasteiger charge is -2.35. The van der Waals surface area contributed by atoms with E-state index in [0.717, 1.165) is 0 Å². The molecule has 0 radical (unpaired) electrons. The molecule has 0 spiro atoms. The van der Waals surface area contributed by atoms with Crippen LogP contribution in [-0.2, 0) is 9.53 Å². The summed E-state index contributed by atoms with van der Waals surface area (Å²) in [5.41, 5.74) is 5.78. The van der Waals surface area contributed by atoms with E-state index in [1.807, 2.05) is 6.92 Å². The van der Waals surface area contributed by atoms with Gasteiger partial charge < -0.3 is 15.4 Å². The van der Waals surface area contributed by atoms with Crippen molar-refractivity contribution in [3.05, 3.63) is 0 Å². The maximum atomic E-state index is 11.8. The van der Waals surface area contributed by atoms with Crippen LogP contribution in [0.25, 0.3) is 0 Å². The molecule has 1 fully saturated rings. The fourth-order valence-corrected chi connectivity index (χ4v) is 1.74. The Morgan fingerprint density at radius 1 is 1.53 bits per heavy atom. The van der Waals surface area contributed by atoms with Gasteiger partial charge >= 0.3 is 6.18 Å². The number of hydrogen-bond acceptors (Lipinski definition) is 3. The van der Waals surface area contributed by atoms with Gasteiger partial charge in [0.1, 0.15) is 13.2 Å². The molecule has 100 valence electrons. The molecular weight excluding hydrogens is 237 g/mol. The van der Waals surface area contributed by atoms with Crippen LogP contribution in [-0.4, -0.2) is 49.3 Å². The minimum atomic E-state index is -4.39. The molecule has 0 aliphatic carbocycles. The van der Waals surface area contributed by atoms with Crippen LogP contribution in [0.15, 0.2) is 0 Å². The van der Waals surface area contributed by atoms with Gasteiger partial charge in [0, 0.05) is 19.1 Å². The highest BCUT2D eigenvalue weighted by atomic mass is 19.4. The van der Waals surface area contributed by atoms with Crippen LogP contribution in [0, 0.1) is 5.92 Å². The normalized spacial score (nSPS) is 26.1. The predicted octanol–water partition coefficient (Wildman–Crippen LogP) is 0.761. The van der Waals surface area contributed by atoms with Crippen LogP contribution in [0.3, 0.4) is 0 Å². The Morgan fingerprint density at radius 3 is 2.71 bits per heavy atom. The highest BCUT2D eigenvalue weighted by Gasteiger charge is 2.29. The van der Waals surface area contributed by atoms with Gasteiger partial charge in [-0.1, -0.05) is 6.92 Å². The van der Waals surface area contributed by atoms with Crippen molar-refractivity contribution in [2.24, 2.45) is 11.7 Å². The molecule has 1 amide bonds. The molecule has 2 N–H and O–H groups in total. The smallest absolute Gasteiger partial charge is 0.362 e. The van der Waals surface area contributed by atoms with E-state index in [2.05, 4.69) is 4.74 Å². The molecule has 0 bridgehead atoms. The summed E-state index contributed by atoms with van der Waals surface area (Å²) in [5.74, 6) is -0.247. The Balaban J connectivity index is 2.29. The van der Waals surface area contributed by atoms with Crippen molar-refractivity contribution in [1.82, 2.24) is 4.90 Å². The quantitative estimate of drug-likeness (QED) is 0.809. The topological polar surface area (TPSA) is 55.6 Å². The third-order valence-electron chi connectivity index (χ3n) is 2.82. The van der Waals surface area contributed by atoms with Gasteiger partial charge in [0.05, 0.1) is 0 Å². The van der Waals surface area contributed by atoms with Gasteiger partial charge in [0.25, 0.3) is 0 Å². The molecule has 4 nitrogen and oxygen atoms in total. The SMILES string of the molecule is CC1CN(C(=O)COCC(F)(F)F)CCC1N. The number of alkyl halides is 3. The van der Waals surface area contributed by atoms with E-state index in [1.54, 1.807) is 0 Å². The molecule has 0 aromatic rings. The van der Waals surface area contributed by atoms with Crippen molar-refractivity contribution in [3.63, 3.8) is 0 Å². The van der Waals surface area contributed by atoms with Crippen molar-refractivity contribution < 1.29 is 22.7 Å². The summed E-state index contributed by atoms with van der Waals surface area (Å²) in [6, 6.07) is 0.0511. The van der Waals surface area contributed by atoms with E-state index < -0.39 is 25.3 Å². The fourth-order valence-electron chi connectivity index (χ4n) is 1.74. The summed E-state index contributed by atoms with van der Waals surface area (Å²) < 4.78 is 39.7. The van der Waals surface area contributed by atoms with E-state index in [4.69, 9.17) is 5.73 Å². The molecule has 1 aliphatic heterocycles. The number of carbonyl (C=O) groups excluding carboxylic acids is 1. The minimum absolute atomic E-state index is 0.0511. The Morgan fingerprint density at radius 2 is 2.18 bits per heavy atom. The minimum Gasteiger partial charge on any atom is -0.362 e. The number of rotatable bonds is 3. The van der Waals surface area contributed by atoms with Crippen molar-refractivity contribution in [2.75, 3.05) is 26.3 Å². The average Bonchev–Trinajstić information content (AvgIpc) is 2.20. The van der Waals surface area contributed by atoms with E-state index in [-0.39, 0.29) is 12.0 Å². The van der Waals surface area contributed by atoms with Crippen LogP contribution >= 0.6 is 0 Å². The zero-order valence-corrected chi connectivity index (χ0v) is 9.67. The summed E-state index contributed by atoms with van der Waals surface area (Å²) in [6.07, 6.45) is -3.72. The zero-order valence-electron chi connectivity index (χ0n) is 9.67. The lowest BCUT2D eigenvalue weighted by Crippen LogP contribution is -2.49. The summed E-state index contributed by atoms with van der Waals surface area (Å²) in [7, 11) is 0. The first-order valence-electron chi connectivity index (χ1n) is 5.47. The Bertz CT molecular complexity index is 271. The fraction of sp³-hybridized carbons (Fsp3) is 0.900. The number of nitrogens with two attached hydrogens (primary N) is 1. The summed E-state index contributed by atoms with van der Waals surface area (Å²) in [4.78, 5) is 13.0. The maximum Gasteiger partial charge on any atom is 0.411 e. The molecule has 1 rings (SSSR count). The number of carbonyl (C=O) groups is 1. The summed E-state index contributed by atoms with van der Waals surface area (Å²) in [6.45, 7) is 0.971. The maximum absolute atomic E-state index is 11.8. The molecule has 0 aromatic carbocycles. The molecule has 0 saturated carbocycles. The molecule has 2 unspecified atom stereocenters.